The van der Waals surface area contributed by atoms with E-state index in [4.69, 9.17) is 14.6 Å². The molecule has 1 aromatic carbocycles. The molecule has 84 valence electrons. The molecule has 0 spiro atoms. The van der Waals surface area contributed by atoms with E-state index in [-0.39, 0.29) is 18.3 Å². The van der Waals surface area contributed by atoms with Gasteiger partial charge in [-0.2, -0.15) is 0 Å². The minimum Gasteiger partial charge on any atom is -0.493 e. The molecule has 1 aromatic rings. The van der Waals surface area contributed by atoms with Crippen LogP contribution in [0.5, 0.6) is 11.5 Å². The largest absolute Gasteiger partial charge is 0.493 e. The summed E-state index contributed by atoms with van der Waals surface area (Å²) < 4.78 is 23.7. The van der Waals surface area contributed by atoms with Crippen molar-refractivity contribution in [2.75, 3.05) is 20.8 Å². The molecule has 1 unspecified atom stereocenters. The van der Waals surface area contributed by atoms with Gasteiger partial charge in [0, 0.05) is 12.5 Å². The Labute approximate surface area is 88.4 Å². The summed E-state index contributed by atoms with van der Waals surface area (Å²) in [6.07, 6.45) is 0. The van der Waals surface area contributed by atoms with Gasteiger partial charge in [-0.05, 0) is 11.6 Å². The zero-order valence-corrected chi connectivity index (χ0v) is 9.08. The maximum atomic E-state index is 13.8. The number of aliphatic hydroxyl groups excluding tert-OH is 1. The lowest BCUT2D eigenvalue weighted by Crippen LogP contribution is -2.04. The van der Waals surface area contributed by atoms with E-state index in [1.54, 1.807) is 19.1 Å². The minimum absolute atomic E-state index is 0.0790. The molecule has 0 aliphatic heterocycles. The first-order valence-electron chi connectivity index (χ1n) is 4.66. The Morgan fingerprint density at radius 2 is 2.00 bits per heavy atom. The Hall–Kier alpha value is -1.29. The van der Waals surface area contributed by atoms with Gasteiger partial charge in [-0.15, -0.1) is 0 Å². The molecular formula is C11H15FO3. The van der Waals surface area contributed by atoms with Crippen LogP contribution in [-0.4, -0.2) is 25.9 Å². The molecule has 4 heteroatoms. The van der Waals surface area contributed by atoms with Gasteiger partial charge >= 0.3 is 0 Å². The lowest BCUT2D eigenvalue weighted by Gasteiger charge is -2.14. The summed E-state index contributed by atoms with van der Waals surface area (Å²) in [4.78, 5) is 0. The predicted octanol–water partition coefficient (Wildman–Crippen LogP) is 1.94. The first kappa shape index (κ1) is 11.8. The van der Waals surface area contributed by atoms with E-state index in [0.29, 0.717) is 11.3 Å². The lowest BCUT2D eigenvalue weighted by atomic mass is 10.0. The summed E-state index contributed by atoms with van der Waals surface area (Å²) >= 11 is 0. The summed E-state index contributed by atoms with van der Waals surface area (Å²) in [5.74, 6) is -0.303. The third-order valence-electron chi connectivity index (χ3n) is 2.32. The number of rotatable bonds is 4. The van der Waals surface area contributed by atoms with Gasteiger partial charge in [-0.1, -0.05) is 13.0 Å². The second-order valence-corrected chi connectivity index (χ2v) is 3.29. The monoisotopic (exact) mass is 214 g/mol. The van der Waals surface area contributed by atoms with Crippen LogP contribution in [0.4, 0.5) is 4.39 Å². The maximum Gasteiger partial charge on any atom is 0.197 e. The molecule has 1 rings (SSSR count). The van der Waals surface area contributed by atoms with Gasteiger partial charge in [0.2, 0.25) is 0 Å². The summed E-state index contributed by atoms with van der Waals surface area (Å²) in [5, 5.41) is 8.96. The highest BCUT2D eigenvalue weighted by atomic mass is 19.1. The Bertz CT molecular complexity index is 339. The average Bonchev–Trinajstić information content (AvgIpc) is 2.27. The Morgan fingerprint density at radius 1 is 1.33 bits per heavy atom. The number of halogens is 1. The highest BCUT2D eigenvalue weighted by Crippen LogP contribution is 2.34. The molecule has 0 radical (unpaired) electrons. The molecule has 3 nitrogen and oxygen atoms in total. The number of hydrogen-bond acceptors (Lipinski definition) is 3. The topological polar surface area (TPSA) is 38.7 Å². The van der Waals surface area contributed by atoms with Crippen LogP contribution in [0.25, 0.3) is 0 Å². The van der Waals surface area contributed by atoms with Gasteiger partial charge in [0.1, 0.15) is 0 Å². The number of ether oxygens (including phenoxy) is 2. The van der Waals surface area contributed by atoms with Crippen LogP contribution in [-0.2, 0) is 0 Å². The molecule has 0 amide bonds. The van der Waals surface area contributed by atoms with Gasteiger partial charge in [0.25, 0.3) is 0 Å². The van der Waals surface area contributed by atoms with Crippen molar-refractivity contribution >= 4 is 0 Å². The minimum atomic E-state index is -0.474. The fourth-order valence-electron chi connectivity index (χ4n) is 1.38. The molecule has 0 bridgehead atoms. The van der Waals surface area contributed by atoms with Crippen molar-refractivity contribution in [3.8, 4) is 11.5 Å². The van der Waals surface area contributed by atoms with Crippen LogP contribution >= 0.6 is 0 Å². The third kappa shape index (κ3) is 2.21. The second-order valence-electron chi connectivity index (χ2n) is 3.29. The van der Waals surface area contributed by atoms with Gasteiger partial charge in [0.05, 0.1) is 14.2 Å². The third-order valence-corrected chi connectivity index (χ3v) is 2.32. The fourth-order valence-corrected chi connectivity index (χ4v) is 1.38. The van der Waals surface area contributed by atoms with E-state index in [1.165, 1.54) is 14.2 Å². The molecule has 0 fully saturated rings. The van der Waals surface area contributed by atoms with E-state index in [2.05, 4.69) is 0 Å². The molecule has 0 aliphatic carbocycles. The number of aliphatic hydroxyl groups is 1. The van der Waals surface area contributed by atoms with Crippen molar-refractivity contribution in [3.05, 3.63) is 23.5 Å². The summed E-state index contributed by atoms with van der Waals surface area (Å²) in [6, 6.07) is 3.22. The van der Waals surface area contributed by atoms with Crippen LogP contribution in [0, 0.1) is 5.82 Å². The molecule has 0 saturated heterocycles. The van der Waals surface area contributed by atoms with Gasteiger partial charge in [-0.25, -0.2) is 4.39 Å². The highest BCUT2D eigenvalue weighted by molar-refractivity contribution is 5.45. The maximum absolute atomic E-state index is 13.8. The second kappa shape index (κ2) is 4.98. The number of benzene rings is 1. The number of hydrogen-bond donors (Lipinski definition) is 1. The Morgan fingerprint density at radius 3 is 2.47 bits per heavy atom. The van der Waals surface area contributed by atoms with E-state index in [0.717, 1.165) is 0 Å². The molecule has 15 heavy (non-hydrogen) atoms. The van der Waals surface area contributed by atoms with E-state index < -0.39 is 5.82 Å². The van der Waals surface area contributed by atoms with Crippen molar-refractivity contribution in [3.63, 3.8) is 0 Å². The number of methoxy groups -OCH3 is 2. The SMILES string of the molecule is COc1ccc(C(C)CO)c(F)c1OC. The van der Waals surface area contributed by atoms with Crippen LogP contribution < -0.4 is 9.47 Å². The van der Waals surface area contributed by atoms with Crippen molar-refractivity contribution in [1.29, 1.82) is 0 Å². The van der Waals surface area contributed by atoms with Crippen LogP contribution in [0.3, 0.4) is 0 Å². The molecule has 0 saturated carbocycles. The first-order chi connectivity index (χ1) is 7.15. The van der Waals surface area contributed by atoms with E-state index in [1.807, 2.05) is 0 Å². The van der Waals surface area contributed by atoms with Gasteiger partial charge in [-0.3, -0.25) is 0 Å². The van der Waals surface area contributed by atoms with Crippen molar-refractivity contribution in [2.45, 2.75) is 12.8 Å². The quantitative estimate of drug-likeness (QED) is 0.832. The van der Waals surface area contributed by atoms with E-state index in [9.17, 15) is 4.39 Å². The Balaban J connectivity index is 3.22. The van der Waals surface area contributed by atoms with Crippen LogP contribution in [0.1, 0.15) is 18.4 Å². The normalized spacial score (nSPS) is 12.3. The lowest BCUT2D eigenvalue weighted by molar-refractivity contribution is 0.268. The standard InChI is InChI=1S/C11H15FO3/c1-7(6-13)8-4-5-9(14-2)11(15-3)10(8)12/h4-5,7,13H,6H2,1-3H3. The average molecular weight is 214 g/mol. The van der Waals surface area contributed by atoms with Crippen LogP contribution in [0.2, 0.25) is 0 Å². The Kier molecular flexibility index (Phi) is 3.91. The summed E-state index contributed by atoms with van der Waals surface area (Å²) in [5.41, 5.74) is 0.426. The van der Waals surface area contributed by atoms with Crippen molar-refractivity contribution in [2.24, 2.45) is 0 Å². The first-order valence-corrected chi connectivity index (χ1v) is 4.66. The zero-order valence-electron chi connectivity index (χ0n) is 9.08. The molecular weight excluding hydrogens is 199 g/mol. The van der Waals surface area contributed by atoms with Crippen molar-refractivity contribution in [1.82, 2.24) is 0 Å². The summed E-state index contributed by atoms with van der Waals surface area (Å²) in [7, 11) is 2.83. The molecule has 0 aromatic heterocycles. The van der Waals surface area contributed by atoms with Crippen LogP contribution in [0.15, 0.2) is 12.1 Å². The van der Waals surface area contributed by atoms with Crippen molar-refractivity contribution < 1.29 is 19.0 Å². The molecule has 0 aliphatic rings. The van der Waals surface area contributed by atoms with Gasteiger partial charge < -0.3 is 14.6 Å². The van der Waals surface area contributed by atoms with E-state index >= 15 is 0 Å². The molecule has 1 N–H and O–H groups in total. The fraction of sp³-hybridized carbons (Fsp3) is 0.455. The highest BCUT2D eigenvalue weighted by Gasteiger charge is 2.18. The summed E-state index contributed by atoms with van der Waals surface area (Å²) in [6.45, 7) is 1.64. The zero-order chi connectivity index (χ0) is 11.4. The molecule has 1 atom stereocenters. The van der Waals surface area contributed by atoms with Gasteiger partial charge in [0.15, 0.2) is 17.3 Å². The smallest absolute Gasteiger partial charge is 0.197 e. The predicted molar refractivity (Wildman–Crippen MR) is 55.0 cm³/mol. The molecule has 0 heterocycles.